The van der Waals surface area contributed by atoms with Crippen LogP contribution in [-0.4, -0.2) is 54.9 Å². The van der Waals surface area contributed by atoms with Gasteiger partial charge in [0, 0.05) is 31.5 Å². The average molecular weight is 463 g/mol. The largest absolute Gasteiger partial charge is 0.419 e. The van der Waals surface area contributed by atoms with E-state index in [1.54, 1.807) is 4.90 Å². The van der Waals surface area contributed by atoms with E-state index in [4.69, 9.17) is 0 Å². The van der Waals surface area contributed by atoms with Gasteiger partial charge in [0.05, 0.1) is 29.6 Å². The number of anilines is 1. The van der Waals surface area contributed by atoms with Gasteiger partial charge in [0.1, 0.15) is 11.5 Å². The summed E-state index contributed by atoms with van der Waals surface area (Å²) < 4.78 is 52.1. The van der Waals surface area contributed by atoms with Gasteiger partial charge in [0.25, 0.3) is 5.91 Å². The number of piperidine rings is 1. The molecule has 12 heteroatoms. The number of benzene rings is 1. The number of amides is 1. The van der Waals surface area contributed by atoms with E-state index in [0.717, 1.165) is 12.8 Å². The minimum atomic E-state index is -4.52. The highest BCUT2D eigenvalue weighted by atomic mass is 19.4. The summed E-state index contributed by atoms with van der Waals surface area (Å²) in [6.45, 7) is 2.72. The summed E-state index contributed by atoms with van der Waals surface area (Å²) >= 11 is 0. The maximum atomic E-state index is 13.9. The second-order valence-electron chi connectivity index (χ2n) is 7.84. The number of halogens is 4. The van der Waals surface area contributed by atoms with E-state index in [-0.39, 0.29) is 41.6 Å². The summed E-state index contributed by atoms with van der Waals surface area (Å²) in [7, 11) is 0. The number of rotatable bonds is 5. The van der Waals surface area contributed by atoms with Gasteiger partial charge in [-0.25, -0.2) is 14.4 Å². The molecule has 3 aromatic rings. The van der Waals surface area contributed by atoms with Gasteiger partial charge in [-0.1, -0.05) is 6.92 Å². The number of hydrogen-bond donors (Lipinski definition) is 1. The van der Waals surface area contributed by atoms with Gasteiger partial charge in [0.2, 0.25) is 5.95 Å². The highest BCUT2D eigenvalue weighted by molar-refractivity contribution is 5.98. The Bertz CT molecular complexity index is 1100. The lowest BCUT2D eigenvalue weighted by Gasteiger charge is -2.40. The lowest BCUT2D eigenvalue weighted by atomic mass is 9.90. The van der Waals surface area contributed by atoms with E-state index in [9.17, 15) is 22.4 Å². The van der Waals surface area contributed by atoms with Gasteiger partial charge in [0.15, 0.2) is 0 Å². The van der Waals surface area contributed by atoms with Crippen LogP contribution in [-0.2, 0) is 6.18 Å². The quantitative estimate of drug-likeness (QED) is 0.582. The molecule has 0 bridgehead atoms. The van der Waals surface area contributed by atoms with Crippen LogP contribution in [0.5, 0.6) is 0 Å². The number of carbonyl (C=O) groups excluding carboxylic acids is 1. The summed E-state index contributed by atoms with van der Waals surface area (Å²) in [5.41, 5.74) is -0.467. The number of hydrogen-bond acceptors (Lipinski definition) is 6. The molecule has 1 N–H and O–H groups in total. The first-order chi connectivity index (χ1) is 15.7. The number of carbonyl (C=O) groups is 1. The maximum absolute atomic E-state index is 13.9. The first-order valence-corrected chi connectivity index (χ1v) is 10.3. The maximum Gasteiger partial charge on any atom is 0.419 e. The van der Waals surface area contributed by atoms with Gasteiger partial charge in [-0.2, -0.15) is 28.2 Å². The van der Waals surface area contributed by atoms with Crippen molar-refractivity contribution in [2.24, 2.45) is 5.92 Å². The topological polar surface area (TPSA) is 88.8 Å². The third-order valence-electron chi connectivity index (χ3n) is 5.65. The van der Waals surface area contributed by atoms with Crippen molar-refractivity contribution in [2.75, 3.05) is 18.4 Å². The summed E-state index contributed by atoms with van der Waals surface area (Å²) in [5, 5.41) is 11.0. The molecule has 0 saturated carbocycles. The Morgan fingerprint density at radius 1 is 1.18 bits per heavy atom. The predicted molar refractivity (Wildman–Crippen MR) is 110 cm³/mol. The van der Waals surface area contributed by atoms with Crippen molar-refractivity contribution in [3.63, 3.8) is 0 Å². The van der Waals surface area contributed by atoms with Crippen LogP contribution in [0.1, 0.15) is 35.7 Å². The molecule has 4 rings (SSSR count). The highest BCUT2D eigenvalue weighted by Gasteiger charge is 2.34. The Kier molecular flexibility index (Phi) is 6.25. The van der Waals surface area contributed by atoms with Crippen molar-refractivity contribution < 1.29 is 22.4 Å². The van der Waals surface area contributed by atoms with Crippen molar-refractivity contribution in [2.45, 2.75) is 32.0 Å². The first kappa shape index (κ1) is 22.6. The number of aromatic nitrogens is 5. The molecule has 0 radical (unpaired) electrons. The van der Waals surface area contributed by atoms with Gasteiger partial charge < -0.3 is 10.2 Å². The second kappa shape index (κ2) is 9.12. The summed E-state index contributed by atoms with van der Waals surface area (Å²) in [6, 6.07) is 3.53. The molecular weight excluding hydrogens is 442 g/mol. The van der Waals surface area contributed by atoms with Crippen LogP contribution in [0, 0.1) is 11.7 Å². The SMILES string of the molecule is CC1CCCN(C(=O)c2ccc(F)cc2-n2nccn2)[C@@H]1CNc1ncc(C(F)(F)F)cn1. The van der Waals surface area contributed by atoms with Crippen molar-refractivity contribution in [3.05, 3.63) is 59.9 Å². The van der Waals surface area contributed by atoms with Gasteiger partial charge in [-0.05, 0) is 30.9 Å². The third kappa shape index (κ3) is 4.94. The smallest absolute Gasteiger partial charge is 0.352 e. The van der Waals surface area contributed by atoms with Crippen LogP contribution in [0.3, 0.4) is 0 Å². The predicted octanol–water partition coefficient (Wildman–Crippen LogP) is 3.57. The Hall–Kier alpha value is -3.57. The van der Waals surface area contributed by atoms with E-state index >= 15 is 0 Å². The molecule has 1 amide bonds. The molecule has 3 heterocycles. The molecule has 8 nitrogen and oxygen atoms in total. The number of alkyl halides is 3. The van der Waals surface area contributed by atoms with Gasteiger partial charge in [-0.3, -0.25) is 4.79 Å². The molecule has 1 unspecified atom stereocenters. The van der Waals surface area contributed by atoms with E-state index in [2.05, 4.69) is 25.5 Å². The molecule has 1 aliphatic heterocycles. The summed E-state index contributed by atoms with van der Waals surface area (Å²) in [5.74, 6) is -0.690. The zero-order chi connectivity index (χ0) is 23.6. The van der Waals surface area contributed by atoms with Crippen LogP contribution < -0.4 is 5.32 Å². The van der Waals surface area contributed by atoms with E-state index in [0.29, 0.717) is 18.9 Å². The fraction of sp³-hybridized carbons (Fsp3) is 0.381. The Labute approximate surface area is 186 Å². The van der Waals surface area contributed by atoms with Crippen LogP contribution >= 0.6 is 0 Å². The van der Waals surface area contributed by atoms with Gasteiger partial charge >= 0.3 is 6.18 Å². The van der Waals surface area contributed by atoms with E-state index < -0.39 is 17.6 Å². The fourth-order valence-electron chi connectivity index (χ4n) is 3.92. The minimum Gasteiger partial charge on any atom is -0.352 e. The summed E-state index contributed by atoms with van der Waals surface area (Å²) in [4.78, 5) is 23.8. The fourth-order valence-corrected chi connectivity index (χ4v) is 3.92. The molecule has 0 spiro atoms. The lowest BCUT2D eigenvalue weighted by Crippen LogP contribution is -2.51. The van der Waals surface area contributed by atoms with Crippen LogP contribution in [0.2, 0.25) is 0 Å². The normalized spacial score (nSPS) is 18.9. The Morgan fingerprint density at radius 2 is 1.88 bits per heavy atom. The molecule has 33 heavy (non-hydrogen) atoms. The Morgan fingerprint density at radius 3 is 2.55 bits per heavy atom. The van der Waals surface area contributed by atoms with Crippen molar-refractivity contribution in [1.29, 1.82) is 0 Å². The molecule has 1 aliphatic rings. The van der Waals surface area contributed by atoms with E-state index in [1.165, 1.54) is 35.4 Å². The monoisotopic (exact) mass is 463 g/mol. The molecule has 1 saturated heterocycles. The van der Waals surface area contributed by atoms with Crippen molar-refractivity contribution >= 4 is 11.9 Å². The van der Waals surface area contributed by atoms with Crippen molar-refractivity contribution in [3.8, 4) is 5.69 Å². The number of nitrogens with zero attached hydrogens (tertiary/aromatic N) is 6. The third-order valence-corrected chi connectivity index (χ3v) is 5.65. The molecule has 1 aromatic carbocycles. The molecule has 174 valence electrons. The van der Waals surface area contributed by atoms with Gasteiger partial charge in [-0.15, -0.1) is 0 Å². The molecule has 0 aliphatic carbocycles. The second-order valence-corrected chi connectivity index (χ2v) is 7.84. The van der Waals surface area contributed by atoms with E-state index in [1.807, 2.05) is 6.92 Å². The minimum absolute atomic E-state index is 0.0383. The molecule has 1 fully saturated rings. The van der Waals surface area contributed by atoms with Crippen molar-refractivity contribution in [1.82, 2.24) is 29.9 Å². The molecule has 2 atom stereocenters. The lowest BCUT2D eigenvalue weighted by molar-refractivity contribution is -0.138. The summed E-state index contributed by atoms with van der Waals surface area (Å²) in [6.07, 6.45) is 1.43. The highest BCUT2D eigenvalue weighted by Crippen LogP contribution is 2.29. The average Bonchev–Trinajstić information content (AvgIpc) is 3.32. The standard InChI is InChI=1S/C21H21F4N7O/c1-13-3-2-8-31(18(13)12-28-20-26-10-14(11-27-20)21(23,24)25)19(33)16-5-4-15(22)9-17(16)32-29-6-7-30-32/h4-7,9-11,13,18H,2-3,8,12H2,1H3,(H,26,27,28)/t13?,18-/m1/s1. The first-order valence-electron chi connectivity index (χ1n) is 10.3. The number of nitrogens with one attached hydrogen (secondary N) is 1. The van der Waals surface area contributed by atoms with Crippen LogP contribution in [0.25, 0.3) is 5.69 Å². The molecule has 2 aromatic heterocycles. The van der Waals surface area contributed by atoms with Crippen LogP contribution in [0.15, 0.2) is 43.0 Å². The zero-order valence-electron chi connectivity index (χ0n) is 17.6. The molecular formula is C21H21F4N7O. The Balaban J connectivity index is 1.55. The zero-order valence-corrected chi connectivity index (χ0v) is 17.6. The van der Waals surface area contributed by atoms with Crippen LogP contribution in [0.4, 0.5) is 23.5 Å². The number of likely N-dealkylation sites (tertiary alicyclic amines) is 1.